The lowest BCUT2D eigenvalue weighted by molar-refractivity contribution is -0.137. The van der Waals surface area contributed by atoms with Crippen LogP contribution in [0.3, 0.4) is 0 Å². The van der Waals surface area contributed by atoms with E-state index in [1.807, 2.05) is 37.3 Å². The molecule has 0 aliphatic carbocycles. The van der Waals surface area contributed by atoms with Crippen molar-refractivity contribution >= 4 is 11.9 Å². The smallest absolute Gasteiger partial charge is 0.305 e. The van der Waals surface area contributed by atoms with Gasteiger partial charge in [0.1, 0.15) is 5.75 Å². The molecule has 0 saturated heterocycles. The number of aromatic hydroxyl groups is 1. The van der Waals surface area contributed by atoms with E-state index in [0.717, 1.165) is 11.1 Å². The van der Waals surface area contributed by atoms with E-state index in [2.05, 4.69) is 0 Å². The molecule has 0 unspecified atom stereocenters. The summed E-state index contributed by atoms with van der Waals surface area (Å²) in [7, 11) is 0. The fourth-order valence-electron chi connectivity index (χ4n) is 2.28. The first-order valence-electron chi connectivity index (χ1n) is 7.32. The number of hydrogen-bond acceptors (Lipinski definition) is 3. The summed E-state index contributed by atoms with van der Waals surface area (Å²) in [6.07, 6.45) is -0.148. The number of aryl methyl sites for hydroxylation is 1. The number of carboxylic acid groups (broad SMARTS) is 1. The van der Waals surface area contributed by atoms with Crippen molar-refractivity contribution in [1.82, 2.24) is 4.90 Å². The van der Waals surface area contributed by atoms with Crippen molar-refractivity contribution in [2.75, 3.05) is 6.54 Å². The fraction of sp³-hybridized carbons (Fsp3) is 0.222. The monoisotopic (exact) mass is 313 g/mol. The topological polar surface area (TPSA) is 77.8 Å². The molecule has 0 spiro atoms. The van der Waals surface area contributed by atoms with Crippen LogP contribution in [0.4, 0.5) is 0 Å². The maximum absolute atomic E-state index is 12.7. The molecule has 0 saturated carbocycles. The first-order valence-corrected chi connectivity index (χ1v) is 7.32. The summed E-state index contributed by atoms with van der Waals surface area (Å²) in [6.45, 7) is 2.19. The molecule has 2 rings (SSSR count). The minimum atomic E-state index is -0.969. The molecule has 5 nitrogen and oxygen atoms in total. The molecule has 120 valence electrons. The third-order valence-corrected chi connectivity index (χ3v) is 3.48. The summed E-state index contributed by atoms with van der Waals surface area (Å²) in [4.78, 5) is 24.9. The molecule has 0 aliphatic rings. The fourth-order valence-corrected chi connectivity index (χ4v) is 2.28. The van der Waals surface area contributed by atoms with Crippen molar-refractivity contribution in [1.29, 1.82) is 0 Å². The largest absolute Gasteiger partial charge is 0.507 e. The Hall–Kier alpha value is -2.82. The molecule has 2 aromatic carbocycles. The molecule has 0 atom stereocenters. The molecule has 0 aliphatic heterocycles. The van der Waals surface area contributed by atoms with Gasteiger partial charge in [0.15, 0.2) is 0 Å². The number of amides is 1. The molecule has 23 heavy (non-hydrogen) atoms. The number of carboxylic acids is 1. The molecule has 0 aromatic heterocycles. The molecule has 2 aromatic rings. The van der Waals surface area contributed by atoms with Gasteiger partial charge in [-0.3, -0.25) is 9.59 Å². The van der Waals surface area contributed by atoms with Gasteiger partial charge in [-0.05, 0) is 30.2 Å². The zero-order valence-electron chi connectivity index (χ0n) is 12.9. The predicted octanol–water partition coefficient (Wildman–Crippen LogP) is 2.82. The van der Waals surface area contributed by atoms with Gasteiger partial charge in [0, 0.05) is 13.1 Å². The Labute approximate surface area is 134 Å². The van der Waals surface area contributed by atoms with Gasteiger partial charge in [0.2, 0.25) is 0 Å². The van der Waals surface area contributed by atoms with Gasteiger partial charge < -0.3 is 15.1 Å². The number of phenols is 1. The third kappa shape index (κ3) is 4.57. The van der Waals surface area contributed by atoms with Crippen LogP contribution in [0, 0.1) is 6.92 Å². The van der Waals surface area contributed by atoms with E-state index in [-0.39, 0.29) is 30.2 Å². The van der Waals surface area contributed by atoms with Crippen LogP contribution in [0.5, 0.6) is 5.75 Å². The van der Waals surface area contributed by atoms with Crippen LogP contribution in [0.25, 0.3) is 0 Å². The molecular formula is C18H19NO4. The molecule has 0 bridgehead atoms. The number of aliphatic carboxylic acids is 1. The van der Waals surface area contributed by atoms with Crippen LogP contribution < -0.4 is 0 Å². The number of phenolic OH excluding ortho intramolecular Hbond substituents is 1. The van der Waals surface area contributed by atoms with Crippen molar-refractivity contribution in [3.05, 3.63) is 65.2 Å². The van der Waals surface area contributed by atoms with Gasteiger partial charge in [-0.2, -0.15) is 0 Å². The van der Waals surface area contributed by atoms with Crippen LogP contribution in [0.15, 0.2) is 48.5 Å². The number of hydrogen-bond donors (Lipinski definition) is 2. The maximum atomic E-state index is 12.7. The van der Waals surface area contributed by atoms with Crippen LogP contribution in [-0.2, 0) is 11.3 Å². The lowest BCUT2D eigenvalue weighted by Gasteiger charge is -2.23. The van der Waals surface area contributed by atoms with Crippen LogP contribution in [0.1, 0.15) is 27.9 Å². The molecule has 1 amide bonds. The zero-order valence-corrected chi connectivity index (χ0v) is 12.9. The van der Waals surface area contributed by atoms with Gasteiger partial charge in [0.25, 0.3) is 5.91 Å². The number of benzene rings is 2. The van der Waals surface area contributed by atoms with Crippen molar-refractivity contribution in [3.8, 4) is 5.75 Å². The average Bonchev–Trinajstić information content (AvgIpc) is 2.51. The van der Waals surface area contributed by atoms with Crippen molar-refractivity contribution in [3.63, 3.8) is 0 Å². The number of carbonyl (C=O) groups is 2. The molecular weight excluding hydrogens is 294 g/mol. The van der Waals surface area contributed by atoms with Gasteiger partial charge in [0.05, 0.1) is 12.0 Å². The second kappa shape index (κ2) is 7.45. The van der Waals surface area contributed by atoms with Crippen LogP contribution >= 0.6 is 0 Å². The SMILES string of the molecule is Cc1ccc(C(=O)N(CCC(=O)O)Cc2ccccc2)c(O)c1. The lowest BCUT2D eigenvalue weighted by atomic mass is 10.1. The zero-order chi connectivity index (χ0) is 16.8. The summed E-state index contributed by atoms with van der Waals surface area (Å²) in [5, 5.41) is 18.9. The highest BCUT2D eigenvalue weighted by molar-refractivity contribution is 5.97. The first-order chi connectivity index (χ1) is 11.0. The Morgan fingerprint density at radius 3 is 2.39 bits per heavy atom. The number of nitrogens with zero attached hydrogens (tertiary/aromatic N) is 1. The second-order valence-electron chi connectivity index (χ2n) is 5.38. The molecule has 0 fully saturated rings. The first kappa shape index (κ1) is 16.5. The van der Waals surface area contributed by atoms with Crippen LogP contribution in [0.2, 0.25) is 0 Å². The summed E-state index contributed by atoms with van der Waals surface area (Å²) in [6, 6.07) is 14.2. The minimum Gasteiger partial charge on any atom is -0.507 e. The van der Waals surface area contributed by atoms with E-state index in [0.29, 0.717) is 6.54 Å². The van der Waals surface area contributed by atoms with Gasteiger partial charge in [-0.15, -0.1) is 0 Å². The molecule has 0 radical (unpaired) electrons. The molecule has 2 N–H and O–H groups in total. The third-order valence-electron chi connectivity index (χ3n) is 3.48. The maximum Gasteiger partial charge on any atom is 0.305 e. The highest BCUT2D eigenvalue weighted by Crippen LogP contribution is 2.21. The summed E-state index contributed by atoms with van der Waals surface area (Å²) < 4.78 is 0. The number of rotatable bonds is 6. The van der Waals surface area contributed by atoms with E-state index >= 15 is 0 Å². The second-order valence-corrected chi connectivity index (χ2v) is 5.38. The summed E-state index contributed by atoms with van der Waals surface area (Å²) >= 11 is 0. The number of carbonyl (C=O) groups excluding carboxylic acids is 1. The molecule has 0 heterocycles. The van der Waals surface area contributed by atoms with Crippen LogP contribution in [-0.4, -0.2) is 33.5 Å². The minimum absolute atomic E-state index is 0.0797. The van der Waals surface area contributed by atoms with Gasteiger partial charge in [-0.1, -0.05) is 36.4 Å². The molecule has 5 heteroatoms. The van der Waals surface area contributed by atoms with E-state index in [4.69, 9.17) is 5.11 Å². The van der Waals surface area contributed by atoms with Crippen molar-refractivity contribution in [2.24, 2.45) is 0 Å². The highest BCUT2D eigenvalue weighted by atomic mass is 16.4. The highest BCUT2D eigenvalue weighted by Gasteiger charge is 2.20. The van der Waals surface area contributed by atoms with Gasteiger partial charge in [-0.25, -0.2) is 0 Å². The predicted molar refractivity (Wildman–Crippen MR) is 86.3 cm³/mol. The quantitative estimate of drug-likeness (QED) is 0.859. The Morgan fingerprint density at radius 2 is 1.78 bits per heavy atom. The normalized spacial score (nSPS) is 10.3. The Morgan fingerprint density at radius 1 is 1.09 bits per heavy atom. The van der Waals surface area contributed by atoms with E-state index in [1.54, 1.807) is 12.1 Å². The van der Waals surface area contributed by atoms with E-state index < -0.39 is 5.97 Å². The standard InChI is InChI=1S/C18H19NO4/c1-13-7-8-15(16(20)11-13)18(23)19(10-9-17(21)22)12-14-5-3-2-4-6-14/h2-8,11,20H,9-10,12H2,1H3,(H,21,22). The Bertz CT molecular complexity index is 697. The Kier molecular flexibility index (Phi) is 5.36. The van der Waals surface area contributed by atoms with Crippen molar-refractivity contribution in [2.45, 2.75) is 19.9 Å². The summed E-state index contributed by atoms with van der Waals surface area (Å²) in [5.74, 6) is -1.44. The average molecular weight is 313 g/mol. The lowest BCUT2D eigenvalue weighted by Crippen LogP contribution is -2.32. The van der Waals surface area contributed by atoms with Gasteiger partial charge >= 0.3 is 5.97 Å². The summed E-state index contributed by atoms with van der Waals surface area (Å²) in [5.41, 5.74) is 1.92. The van der Waals surface area contributed by atoms with Crippen molar-refractivity contribution < 1.29 is 19.8 Å². The van der Waals surface area contributed by atoms with E-state index in [1.165, 1.54) is 11.0 Å². The van der Waals surface area contributed by atoms with E-state index in [9.17, 15) is 14.7 Å². The Balaban J connectivity index is 2.24.